The number of pyridine rings is 1. The number of fused-ring (bicyclic) bond motifs is 2. The van der Waals surface area contributed by atoms with E-state index >= 15 is 0 Å². The number of hydrogen-bond acceptors (Lipinski definition) is 5. The number of aromatic nitrogens is 5. The number of nitrogens with one attached hydrogen (secondary N) is 1. The molecule has 3 aromatic heterocycles. The molecule has 8 nitrogen and oxygen atoms in total. The van der Waals surface area contributed by atoms with Crippen LogP contribution in [0.5, 0.6) is 0 Å². The van der Waals surface area contributed by atoms with Gasteiger partial charge < -0.3 is 9.64 Å². The van der Waals surface area contributed by atoms with Crippen LogP contribution in [0.15, 0.2) is 67.1 Å². The Bertz CT molecular complexity index is 1270. The maximum Gasteiger partial charge on any atom is 0.271 e. The predicted octanol–water partition coefficient (Wildman–Crippen LogP) is 3.36. The van der Waals surface area contributed by atoms with Gasteiger partial charge in [-0.3, -0.25) is 14.9 Å². The Hall–Kier alpha value is -3.78. The van der Waals surface area contributed by atoms with Gasteiger partial charge in [-0.25, -0.2) is 4.68 Å². The van der Waals surface area contributed by atoms with Crippen molar-refractivity contribution in [3.8, 4) is 16.9 Å². The molecule has 33 heavy (non-hydrogen) atoms. The SMILES string of the molecule is O=C(c1cc(-c2ccncc2)n[nH]1)N1CCC2(CC1)OCCc1cn(-c3ccccc3)nc12. The molecule has 166 valence electrons. The first-order chi connectivity index (χ1) is 16.2. The highest BCUT2D eigenvalue weighted by molar-refractivity contribution is 5.93. The summed E-state index contributed by atoms with van der Waals surface area (Å²) in [5.74, 6) is -0.0384. The number of carbonyl (C=O) groups excluding carboxylic acids is 1. The molecule has 4 aromatic rings. The van der Waals surface area contributed by atoms with Gasteiger partial charge in [0.05, 0.1) is 23.7 Å². The van der Waals surface area contributed by atoms with Gasteiger partial charge in [-0.1, -0.05) is 18.2 Å². The molecule has 1 aromatic carbocycles. The Kier molecular flexibility index (Phi) is 4.80. The molecule has 0 atom stereocenters. The predicted molar refractivity (Wildman–Crippen MR) is 122 cm³/mol. The fourth-order valence-electron chi connectivity index (χ4n) is 4.84. The maximum atomic E-state index is 13.1. The molecule has 6 rings (SSSR count). The molecular formula is C25H24N6O2. The van der Waals surface area contributed by atoms with E-state index in [2.05, 4.69) is 33.5 Å². The van der Waals surface area contributed by atoms with Crippen molar-refractivity contribution in [1.82, 2.24) is 29.9 Å². The maximum absolute atomic E-state index is 13.1. The molecule has 2 aliphatic heterocycles. The minimum atomic E-state index is -0.430. The number of aromatic amines is 1. The van der Waals surface area contributed by atoms with Crippen LogP contribution in [-0.2, 0) is 16.8 Å². The van der Waals surface area contributed by atoms with Crippen molar-refractivity contribution in [2.24, 2.45) is 0 Å². The Morgan fingerprint density at radius 3 is 2.64 bits per heavy atom. The van der Waals surface area contributed by atoms with Crippen molar-refractivity contribution in [2.75, 3.05) is 19.7 Å². The minimum absolute atomic E-state index is 0.0384. The number of piperidine rings is 1. The highest BCUT2D eigenvalue weighted by Crippen LogP contribution is 2.41. The highest BCUT2D eigenvalue weighted by atomic mass is 16.5. The van der Waals surface area contributed by atoms with Gasteiger partial charge in [0.2, 0.25) is 0 Å². The number of ether oxygens (including phenoxy) is 1. The van der Waals surface area contributed by atoms with E-state index in [9.17, 15) is 4.79 Å². The van der Waals surface area contributed by atoms with Crippen LogP contribution in [-0.4, -0.2) is 55.5 Å². The zero-order valence-corrected chi connectivity index (χ0v) is 18.1. The summed E-state index contributed by atoms with van der Waals surface area (Å²) in [7, 11) is 0. The third kappa shape index (κ3) is 3.52. The van der Waals surface area contributed by atoms with Crippen molar-refractivity contribution in [1.29, 1.82) is 0 Å². The van der Waals surface area contributed by atoms with E-state index in [1.807, 2.05) is 39.9 Å². The third-order valence-corrected chi connectivity index (χ3v) is 6.63. The number of hydrogen-bond donors (Lipinski definition) is 1. The van der Waals surface area contributed by atoms with Crippen LogP contribution in [0.1, 0.15) is 34.6 Å². The van der Waals surface area contributed by atoms with Crippen LogP contribution in [0, 0.1) is 0 Å². The van der Waals surface area contributed by atoms with Crippen LogP contribution >= 0.6 is 0 Å². The van der Waals surface area contributed by atoms with E-state index in [-0.39, 0.29) is 5.91 Å². The van der Waals surface area contributed by atoms with E-state index in [1.165, 1.54) is 5.56 Å². The molecule has 0 unspecified atom stereocenters. The molecule has 5 heterocycles. The summed E-state index contributed by atoms with van der Waals surface area (Å²) >= 11 is 0. The fourth-order valence-corrected chi connectivity index (χ4v) is 4.84. The van der Waals surface area contributed by atoms with E-state index < -0.39 is 5.60 Å². The zero-order valence-electron chi connectivity index (χ0n) is 18.1. The van der Waals surface area contributed by atoms with Gasteiger partial charge >= 0.3 is 0 Å². The molecule has 8 heteroatoms. The number of para-hydroxylation sites is 1. The first-order valence-electron chi connectivity index (χ1n) is 11.3. The molecule has 1 fully saturated rings. The van der Waals surface area contributed by atoms with E-state index in [0.29, 0.717) is 25.4 Å². The number of benzene rings is 1. The molecule has 1 saturated heterocycles. The molecule has 1 spiro atoms. The van der Waals surface area contributed by atoms with Gasteiger partial charge in [-0.2, -0.15) is 10.2 Å². The lowest BCUT2D eigenvalue weighted by atomic mass is 9.83. The summed E-state index contributed by atoms with van der Waals surface area (Å²) in [6, 6.07) is 15.7. The first-order valence-corrected chi connectivity index (χ1v) is 11.3. The Balaban J connectivity index is 1.20. The Morgan fingerprint density at radius 2 is 1.85 bits per heavy atom. The Morgan fingerprint density at radius 1 is 1.06 bits per heavy atom. The van der Waals surface area contributed by atoms with Gasteiger partial charge in [-0.15, -0.1) is 0 Å². The monoisotopic (exact) mass is 440 g/mol. The number of H-pyrrole nitrogens is 1. The lowest BCUT2D eigenvalue weighted by Gasteiger charge is -2.42. The van der Waals surface area contributed by atoms with Crippen molar-refractivity contribution in [3.05, 3.63) is 84.1 Å². The van der Waals surface area contributed by atoms with Crippen LogP contribution in [0.3, 0.4) is 0 Å². The topological polar surface area (TPSA) is 88.9 Å². The third-order valence-electron chi connectivity index (χ3n) is 6.63. The second-order valence-corrected chi connectivity index (χ2v) is 8.57. The fraction of sp³-hybridized carbons (Fsp3) is 0.280. The van der Waals surface area contributed by atoms with Crippen LogP contribution in [0.2, 0.25) is 0 Å². The van der Waals surface area contributed by atoms with Crippen molar-refractivity contribution < 1.29 is 9.53 Å². The Labute approximate surface area is 191 Å². The van der Waals surface area contributed by atoms with Crippen LogP contribution in [0.4, 0.5) is 0 Å². The standard InChI is InChI=1S/C25H24N6O2/c32-24(22-16-21(27-28-22)18-6-11-26-12-7-18)30-13-9-25(10-14-30)23-19(8-15-33-25)17-31(29-23)20-4-2-1-3-5-20/h1-7,11-12,16-17H,8-10,13-15H2,(H,27,28). The second kappa shape index (κ2) is 7.97. The van der Waals surface area contributed by atoms with Crippen LogP contribution < -0.4 is 0 Å². The normalized spacial score (nSPS) is 17.2. The quantitative estimate of drug-likeness (QED) is 0.528. The van der Waals surface area contributed by atoms with Gasteiger partial charge in [0.1, 0.15) is 11.3 Å². The summed E-state index contributed by atoms with van der Waals surface area (Å²) < 4.78 is 8.29. The number of rotatable bonds is 3. The van der Waals surface area contributed by atoms with Gasteiger partial charge in [0, 0.05) is 37.2 Å². The summed E-state index contributed by atoms with van der Waals surface area (Å²) in [5.41, 5.74) is 5.03. The number of nitrogens with zero attached hydrogens (tertiary/aromatic N) is 5. The average molecular weight is 441 g/mol. The lowest BCUT2D eigenvalue weighted by Crippen LogP contribution is -2.48. The molecule has 1 amide bonds. The minimum Gasteiger partial charge on any atom is -0.368 e. The van der Waals surface area contributed by atoms with Gasteiger partial charge in [0.15, 0.2) is 0 Å². The molecule has 0 aliphatic carbocycles. The zero-order chi connectivity index (χ0) is 22.3. The molecule has 0 radical (unpaired) electrons. The number of carbonyl (C=O) groups is 1. The number of likely N-dealkylation sites (tertiary alicyclic amines) is 1. The summed E-state index contributed by atoms with van der Waals surface area (Å²) in [5, 5.41) is 12.1. The summed E-state index contributed by atoms with van der Waals surface area (Å²) in [6.07, 6.45) is 7.86. The van der Waals surface area contributed by atoms with Crippen LogP contribution in [0.25, 0.3) is 16.9 Å². The first kappa shape index (κ1) is 19.9. The molecule has 0 saturated carbocycles. The lowest BCUT2D eigenvalue weighted by molar-refractivity contribution is -0.0963. The largest absolute Gasteiger partial charge is 0.368 e. The van der Waals surface area contributed by atoms with Crippen molar-refractivity contribution in [2.45, 2.75) is 24.9 Å². The van der Waals surface area contributed by atoms with Gasteiger partial charge in [0.25, 0.3) is 5.91 Å². The summed E-state index contributed by atoms with van der Waals surface area (Å²) in [6.45, 7) is 1.90. The molecular weight excluding hydrogens is 416 g/mol. The number of amides is 1. The molecule has 2 aliphatic rings. The second-order valence-electron chi connectivity index (χ2n) is 8.57. The molecule has 1 N–H and O–H groups in total. The molecule has 0 bridgehead atoms. The van der Waals surface area contributed by atoms with E-state index in [1.54, 1.807) is 18.5 Å². The highest BCUT2D eigenvalue weighted by Gasteiger charge is 2.44. The van der Waals surface area contributed by atoms with Crippen molar-refractivity contribution >= 4 is 5.91 Å². The summed E-state index contributed by atoms with van der Waals surface area (Å²) in [4.78, 5) is 19.0. The van der Waals surface area contributed by atoms with Crippen molar-refractivity contribution in [3.63, 3.8) is 0 Å². The van der Waals surface area contributed by atoms with Gasteiger partial charge in [-0.05, 0) is 55.2 Å². The average Bonchev–Trinajstić information content (AvgIpc) is 3.54. The van der Waals surface area contributed by atoms with E-state index in [4.69, 9.17) is 9.84 Å². The smallest absolute Gasteiger partial charge is 0.271 e. The van der Waals surface area contributed by atoms with E-state index in [0.717, 1.165) is 41.9 Å².